The summed E-state index contributed by atoms with van der Waals surface area (Å²) in [4.78, 5) is 52.8. The molecular formula is C24H22N4O5. The number of hydrogen-bond acceptors (Lipinski definition) is 5. The van der Waals surface area contributed by atoms with Crippen LogP contribution in [0.3, 0.4) is 0 Å². The molecule has 0 unspecified atom stereocenters. The molecule has 1 aromatic heterocycles. The molecule has 1 saturated heterocycles. The highest BCUT2D eigenvalue weighted by atomic mass is 16.5. The van der Waals surface area contributed by atoms with Crippen molar-refractivity contribution in [3.05, 3.63) is 93.3 Å². The number of amides is 2. The fraction of sp³-hybridized carbons (Fsp3) is 0.250. The van der Waals surface area contributed by atoms with Crippen molar-refractivity contribution in [3.8, 4) is 5.75 Å². The van der Waals surface area contributed by atoms with Crippen LogP contribution >= 0.6 is 0 Å². The summed E-state index contributed by atoms with van der Waals surface area (Å²) in [5.41, 5.74) is 0.264. The van der Waals surface area contributed by atoms with Crippen LogP contribution in [0.1, 0.15) is 18.0 Å². The third kappa shape index (κ3) is 3.51. The lowest BCUT2D eigenvalue weighted by atomic mass is 9.84. The van der Waals surface area contributed by atoms with Gasteiger partial charge in [0, 0.05) is 6.07 Å². The Morgan fingerprint density at radius 3 is 2.52 bits per heavy atom. The van der Waals surface area contributed by atoms with E-state index < -0.39 is 29.3 Å². The number of hydrogen-bond donors (Lipinski definition) is 1. The molecule has 168 valence electrons. The van der Waals surface area contributed by atoms with Crippen molar-refractivity contribution < 1.29 is 14.3 Å². The summed E-state index contributed by atoms with van der Waals surface area (Å²) in [6, 6.07) is 15.5. The zero-order valence-electron chi connectivity index (χ0n) is 17.9. The number of aromatic nitrogens is 3. The van der Waals surface area contributed by atoms with Crippen LogP contribution in [0.2, 0.25) is 0 Å². The molecular weight excluding hydrogens is 424 g/mol. The van der Waals surface area contributed by atoms with Crippen molar-refractivity contribution in [2.75, 3.05) is 12.0 Å². The summed E-state index contributed by atoms with van der Waals surface area (Å²) < 4.78 is 7.57. The quantitative estimate of drug-likeness (QED) is 0.474. The molecule has 0 saturated carbocycles. The molecule has 5 rings (SSSR count). The fourth-order valence-electron chi connectivity index (χ4n) is 4.55. The van der Waals surface area contributed by atoms with E-state index in [-0.39, 0.29) is 24.8 Å². The van der Waals surface area contributed by atoms with Gasteiger partial charge in [0.2, 0.25) is 11.8 Å². The summed E-state index contributed by atoms with van der Waals surface area (Å²) in [5, 5.41) is 2.60. The van der Waals surface area contributed by atoms with Crippen molar-refractivity contribution >= 4 is 17.5 Å². The SMILES string of the molecule is COc1cccc(N2C(=O)[C@H]3C[C@@H](n4[nH]c(=O)n(Cc5ccccc5)c4=O)C=C[C@H]3C2=O)c1. The third-order valence-electron chi connectivity index (χ3n) is 6.24. The van der Waals surface area contributed by atoms with Gasteiger partial charge in [-0.1, -0.05) is 48.6 Å². The average molecular weight is 446 g/mol. The zero-order valence-corrected chi connectivity index (χ0v) is 17.9. The number of anilines is 1. The highest BCUT2D eigenvalue weighted by molar-refractivity contribution is 6.22. The van der Waals surface area contributed by atoms with Crippen molar-refractivity contribution in [1.82, 2.24) is 14.3 Å². The van der Waals surface area contributed by atoms with Gasteiger partial charge in [-0.3, -0.25) is 9.59 Å². The highest BCUT2D eigenvalue weighted by Crippen LogP contribution is 2.40. The van der Waals surface area contributed by atoms with Crippen LogP contribution in [-0.2, 0) is 16.1 Å². The molecule has 3 aromatic rings. The molecule has 0 bridgehead atoms. The fourth-order valence-corrected chi connectivity index (χ4v) is 4.55. The van der Waals surface area contributed by atoms with Crippen LogP contribution in [0, 0.1) is 11.8 Å². The minimum atomic E-state index is -0.619. The second-order valence-electron chi connectivity index (χ2n) is 8.17. The van der Waals surface area contributed by atoms with Crippen molar-refractivity contribution in [2.24, 2.45) is 11.8 Å². The van der Waals surface area contributed by atoms with Gasteiger partial charge in [-0.2, -0.15) is 0 Å². The average Bonchev–Trinajstić information content (AvgIpc) is 3.26. The summed E-state index contributed by atoms with van der Waals surface area (Å²) >= 11 is 0. The van der Waals surface area contributed by atoms with Crippen molar-refractivity contribution in [3.63, 3.8) is 0 Å². The first-order valence-electron chi connectivity index (χ1n) is 10.6. The van der Waals surface area contributed by atoms with E-state index in [1.807, 2.05) is 30.3 Å². The summed E-state index contributed by atoms with van der Waals surface area (Å²) in [6.45, 7) is 0.144. The minimum absolute atomic E-state index is 0.144. The number of rotatable bonds is 5. The molecule has 1 fully saturated rings. The predicted octanol–water partition coefficient (Wildman–Crippen LogP) is 1.70. The van der Waals surface area contributed by atoms with Gasteiger partial charge in [0.05, 0.1) is 37.2 Å². The van der Waals surface area contributed by atoms with E-state index in [0.29, 0.717) is 11.4 Å². The Morgan fingerprint density at radius 2 is 1.76 bits per heavy atom. The summed E-state index contributed by atoms with van der Waals surface area (Å²) in [6.07, 6.45) is 3.61. The van der Waals surface area contributed by atoms with Crippen molar-refractivity contribution in [2.45, 2.75) is 19.0 Å². The van der Waals surface area contributed by atoms with E-state index in [1.54, 1.807) is 36.4 Å². The third-order valence-corrected chi connectivity index (χ3v) is 6.24. The Bertz CT molecular complexity index is 1370. The van der Waals surface area contributed by atoms with Crippen molar-refractivity contribution in [1.29, 1.82) is 0 Å². The number of carbonyl (C=O) groups is 2. The van der Waals surface area contributed by atoms with Gasteiger partial charge in [-0.15, -0.1) is 0 Å². The second-order valence-corrected chi connectivity index (χ2v) is 8.17. The Balaban J connectivity index is 1.42. The van der Waals surface area contributed by atoms with Gasteiger partial charge in [-0.05, 0) is 24.1 Å². The molecule has 33 heavy (non-hydrogen) atoms. The van der Waals surface area contributed by atoms with E-state index >= 15 is 0 Å². The second kappa shape index (κ2) is 8.09. The number of nitrogens with one attached hydrogen (secondary N) is 1. The van der Waals surface area contributed by atoms with Crippen LogP contribution < -0.4 is 21.0 Å². The van der Waals surface area contributed by atoms with Crippen LogP contribution in [-0.4, -0.2) is 33.3 Å². The number of nitrogens with zero attached hydrogens (tertiary/aromatic N) is 3. The van der Waals surface area contributed by atoms with Crippen LogP contribution in [0.25, 0.3) is 0 Å². The number of allylic oxidation sites excluding steroid dienone is 1. The van der Waals surface area contributed by atoms with Crippen LogP contribution in [0.15, 0.2) is 76.3 Å². The maximum Gasteiger partial charge on any atom is 0.347 e. The topological polar surface area (TPSA) is 106 Å². The normalized spacial score (nSPS) is 22.0. The van der Waals surface area contributed by atoms with Crippen LogP contribution in [0.4, 0.5) is 5.69 Å². The first-order chi connectivity index (χ1) is 16.0. The number of carbonyl (C=O) groups excluding carboxylic acids is 2. The molecule has 0 spiro atoms. The number of methoxy groups -OCH3 is 1. The molecule has 1 aliphatic carbocycles. The van der Waals surface area contributed by atoms with Gasteiger partial charge in [0.1, 0.15) is 5.75 Å². The number of imide groups is 1. The molecule has 0 radical (unpaired) electrons. The summed E-state index contributed by atoms with van der Waals surface area (Å²) in [7, 11) is 1.52. The Labute approximate surface area is 188 Å². The predicted molar refractivity (Wildman–Crippen MR) is 120 cm³/mol. The largest absolute Gasteiger partial charge is 0.497 e. The molecule has 9 heteroatoms. The molecule has 9 nitrogen and oxygen atoms in total. The van der Waals surface area contributed by atoms with E-state index in [4.69, 9.17) is 4.74 Å². The molecule has 2 heterocycles. The number of benzene rings is 2. The number of aromatic amines is 1. The lowest BCUT2D eigenvalue weighted by Gasteiger charge is -2.23. The number of ether oxygens (including phenoxy) is 1. The van der Waals surface area contributed by atoms with E-state index in [2.05, 4.69) is 5.10 Å². The minimum Gasteiger partial charge on any atom is -0.497 e. The Morgan fingerprint density at radius 1 is 0.970 bits per heavy atom. The molecule has 3 atom stereocenters. The Hall–Kier alpha value is -4.14. The highest BCUT2D eigenvalue weighted by Gasteiger charge is 2.49. The lowest BCUT2D eigenvalue weighted by Crippen LogP contribution is -2.33. The maximum absolute atomic E-state index is 13.2. The standard InChI is InChI=1S/C24H22N4O5/c1-33-18-9-5-8-16(12-18)27-21(29)19-11-10-17(13-20(19)22(27)30)28-24(32)26(23(31)25-28)14-15-6-3-2-4-7-15/h2-12,17,19-20H,13-14H2,1H3,(H,25,31)/t17-,19+,20-/m0/s1. The van der Waals surface area contributed by atoms with E-state index in [0.717, 1.165) is 10.1 Å². The zero-order chi connectivity index (χ0) is 23.1. The Kier molecular flexibility index (Phi) is 5.08. The lowest BCUT2D eigenvalue weighted by molar-refractivity contribution is -0.122. The van der Waals surface area contributed by atoms with E-state index in [1.165, 1.54) is 16.7 Å². The van der Waals surface area contributed by atoms with Gasteiger partial charge >= 0.3 is 11.4 Å². The first kappa shape index (κ1) is 20.7. The smallest absolute Gasteiger partial charge is 0.347 e. The van der Waals surface area contributed by atoms with Gasteiger partial charge < -0.3 is 4.74 Å². The number of H-pyrrole nitrogens is 1. The van der Waals surface area contributed by atoms with Gasteiger partial charge in [0.15, 0.2) is 0 Å². The molecule has 1 aliphatic heterocycles. The van der Waals surface area contributed by atoms with Gasteiger partial charge in [0.25, 0.3) is 0 Å². The first-order valence-corrected chi connectivity index (χ1v) is 10.6. The van der Waals surface area contributed by atoms with E-state index in [9.17, 15) is 19.2 Å². The molecule has 2 aromatic carbocycles. The maximum atomic E-state index is 13.2. The number of fused-ring (bicyclic) bond motifs is 1. The molecule has 1 N–H and O–H groups in total. The molecule has 2 aliphatic rings. The van der Waals surface area contributed by atoms with Gasteiger partial charge in [-0.25, -0.2) is 28.8 Å². The molecule has 2 amide bonds. The van der Waals surface area contributed by atoms with Crippen LogP contribution in [0.5, 0.6) is 5.75 Å². The summed E-state index contributed by atoms with van der Waals surface area (Å²) in [5.74, 6) is -1.32. The monoisotopic (exact) mass is 446 g/mol.